The Hall–Kier alpha value is -4.08. The number of benzene rings is 2. The molecule has 0 spiro atoms. The van der Waals surface area contributed by atoms with E-state index in [-0.39, 0.29) is 22.9 Å². The van der Waals surface area contributed by atoms with E-state index in [1.807, 2.05) is 19.9 Å². The monoisotopic (exact) mass is 442 g/mol. The molecule has 1 N–H and O–H groups in total. The highest BCUT2D eigenvalue weighted by molar-refractivity contribution is 6.45. The van der Waals surface area contributed by atoms with Crippen LogP contribution in [0.4, 0.5) is 8.78 Å². The molecule has 3 aromatic rings. The summed E-state index contributed by atoms with van der Waals surface area (Å²) in [6.07, 6.45) is 1.08. The molecule has 32 heavy (non-hydrogen) atoms. The highest BCUT2D eigenvalue weighted by Gasteiger charge is 2.22. The second-order valence-corrected chi connectivity index (χ2v) is 6.45. The van der Waals surface area contributed by atoms with Crippen molar-refractivity contribution < 1.29 is 27.9 Å². The van der Waals surface area contributed by atoms with Gasteiger partial charge in [0.05, 0.1) is 5.56 Å². The van der Waals surface area contributed by atoms with Crippen LogP contribution in [0.1, 0.15) is 16.7 Å². The minimum absolute atomic E-state index is 0.0348. The van der Waals surface area contributed by atoms with Gasteiger partial charge in [-0.05, 0) is 43.2 Å². The number of rotatable bonds is 8. The number of carbonyl (C=O) groups is 1. The van der Waals surface area contributed by atoms with E-state index >= 15 is 4.39 Å². The van der Waals surface area contributed by atoms with Gasteiger partial charge in [0.25, 0.3) is 24.5 Å². The number of hydrogen-bond donors (Lipinski definition) is 1. The highest BCUT2D eigenvalue weighted by atomic mass is 19.1. The number of nitrogens with one attached hydrogen (secondary N) is 1. The number of ether oxygens (including phenoxy) is 2. The van der Waals surface area contributed by atoms with Crippen LogP contribution in [0.3, 0.4) is 0 Å². The number of alkyl halides is 1. The van der Waals surface area contributed by atoms with E-state index in [0.717, 1.165) is 17.5 Å². The SMILES string of the molecule is CNC(=O)/C(=N\OCF)c1ccccc1Oc1ncnc(Oc2cccc(C)c2C)c1F. The Morgan fingerprint density at radius 3 is 2.38 bits per heavy atom. The van der Waals surface area contributed by atoms with Gasteiger partial charge in [0, 0.05) is 7.05 Å². The lowest BCUT2D eigenvalue weighted by Crippen LogP contribution is -2.29. The lowest BCUT2D eigenvalue weighted by Gasteiger charge is -2.13. The van der Waals surface area contributed by atoms with Gasteiger partial charge in [-0.1, -0.05) is 29.4 Å². The molecule has 0 aliphatic rings. The highest BCUT2D eigenvalue weighted by Crippen LogP contribution is 2.32. The Morgan fingerprint density at radius 2 is 1.69 bits per heavy atom. The van der Waals surface area contributed by atoms with E-state index in [1.165, 1.54) is 19.2 Å². The van der Waals surface area contributed by atoms with Crippen LogP contribution in [-0.4, -0.2) is 35.5 Å². The molecule has 0 fully saturated rings. The normalized spacial score (nSPS) is 11.1. The number of nitrogens with zero attached hydrogens (tertiary/aromatic N) is 3. The van der Waals surface area contributed by atoms with E-state index < -0.39 is 24.5 Å². The van der Waals surface area contributed by atoms with E-state index in [4.69, 9.17) is 9.47 Å². The average Bonchev–Trinajstić information content (AvgIpc) is 2.80. The van der Waals surface area contributed by atoms with Crippen molar-refractivity contribution in [3.63, 3.8) is 0 Å². The largest absolute Gasteiger partial charge is 0.436 e. The van der Waals surface area contributed by atoms with Crippen molar-refractivity contribution in [2.24, 2.45) is 5.16 Å². The topological polar surface area (TPSA) is 94.9 Å². The smallest absolute Gasteiger partial charge is 0.273 e. The van der Waals surface area contributed by atoms with Crippen LogP contribution in [-0.2, 0) is 9.63 Å². The molecule has 0 unspecified atom stereocenters. The Balaban J connectivity index is 1.96. The predicted molar refractivity (Wildman–Crippen MR) is 112 cm³/mol. The van der Waals surface area contributed by atoms with Crippen molar-refractivity contribution >= 4 is 11.6 Å². The summed E-state index contributed by atoms with van der Waals surface area (Å²) in [5.41, 5.74) is 1.67. The van der Waals surface area contributed by atoms with Crippen LogP contribution in [0.15, 0.2) is 53.9 Å². The maximum atomic E-state index is 15.1. The van der Waals surface area contributed by atoms with Crippen molar-refractivity contribution in [1.82, 2.24) is 15.3 Å². The average molecular weight is 442 g/mol. The molecule has 166 valence electrons. The van der Waals surface area contributed by atoms with E-state index in [2.05, 4.69) is 25.3 Å². The van der Waals surface area contributed by atoms with Crippen LogP contribution in [0.25, 0.3) is 0 Å². The first-order valence-electron chi connectivity index (χ1n) is 9.46. The summed E-state index contributed by atoms with van der Waals surface area (Å²) in [6.45, 7) is 2.52. The lowest BCUT2D eigenvalue weighted by atomic mass is 10.1. The van der Waals surface area contributed by atoms with Gasteiger partial charge < -0.3 is 19.6 Å². The maximum absolute atomic E-state index is 15.1. The van der Waals surface area contributed by atoms with Crippen LogP contribution in [0, 0.1) is 19.7 Å². The predicted octanol–water partition coefficient (Wildman–Crippen LogP) is 4.21. The summed E-state index contributed by atoms with van der Waals surface area (Å²) >= 11 is 0. The molecular weight excluding hydrogens is 422 g/mol. The third-order valence-electron chi connectivity index (χ3n) is 4.48. The quantitative estimate of drug-likeness (QED) is 0.415. The molecule has 2 aromatic carbocycles. The van der Waals surface area contributed by atoms with Crippen molar-refractivity contribution in [2.75, 3.05) is 13.9 Å². The summed E-state index contributed by atoms with van der Waals surface area (Å²) in [6, 6.07) is 11.5. The molecule has 1 aromatic heterocycles. The number of hydrogen-bond acceptors (Lipinski definition) is 7. The number of aryl methyl sites for hydroxylation is 1. The molecule has 8 nitrogen and oxygen atoms in total. The fourth-order valence-corrected chi connectivity index (χ4v) is 2.70. The fraction of sp³-hybridized carbons (Fsp3) is 0.182. The molecule has 0 aliphatic carbocycles. The van der Waals surface area contributed by atoms with Gasteiger partial charge in [0.1, 0.15) is 17.8 Å². The number of para-hydroxylation sites is 1. The van der Waals surface area contributed by atoms with Gasteiger partial charge in [-0.3, -0.25) is 4.79 Å². The zero-order valence-electron chi connectivity index (χ0n) is 17.6. The molecule has 0 bridgehead atoms. The number of likely N-dealkylation sites (N-methyl/N-ethyl adjacent to an activating group) is 1. The van der Waals surface area contributed by atoms with E-state index in [0.29, 0.717) is 5.75 Å². The van der Waals surface area contributed by atoms with Crippen LogP contribution in [0.2, 0.25) is 0 Å². The van der Waals surface area contributed by atoms with E-state index in [1.54, 1.807) is 24.3 Å². The van der Waals surface area contributed by atoms with Crippen molar-refractivity contribution in [2.45, 2.75) is 13.8 Å². The Labute approximate surface area is 182 Å². The standard InChI is InChI=1S/C22H20F2N4O4/c1-13-7-6-10-16(14(13)2)31-21-18(24)22(27-12-26-21)32-17-9-5-4-8-15(17)19(20(29)25-3)28-30-11-23/h4-10,12H,11H2,1-3H3,(H,25,29)/b28-19-. The lowest BCUT2D eigenvalue weighted by molar-refractivity contribution is -0.114. The first kappa shape index (κ1) is 22.6. The Morgan fingerprint density at radius 1 is 1.03 bits per heavy atom. The summed E-state index contributed by atoms with van der Waals surface area (Å²) in [4.78, 5) is 24.3. The molecule has 1 amide bonds. The summed E-state index contributed by atoms with van der Waals surface area (Å²) < 4.78 is 38.8. The second kappa shape index (κ2) is 10.3. The molecule has 0 radical (unpaired) electrons. The van der Waals surface area contributed by atoms with Gasteiger partial charge in [-0.2, -0.15) is 14.4 Å². The van der Waals surface area contributed by atoms with Gasteiger partial charge in [0.2, 0.25) is 5.82 Å². The molecule has 0 aliphatic heterocycles. The van der Waals surface area contributed by atoms with Crippen molar-refractivity contribution in [1.29, 1.82) is 0 Å². The number of halogens is 2. The molecule has 1 heterocycles. The molecule has 0 atom stereocenters. The molecule has 10 heteroatoms. The minimum atomic E-state index is -1.23. The molecule has 0 saturated carbocycles. The van der Waals surface area contributed by atoms with Gasteiger partial charge >= 0.3 is 0 Å². The fourth-order valence-electron chi connectivity index (χ4n) is 2.70. The maximum Gasteiger partial charge on any atom is 0.273 e. The minimum Gasteiger partial charge on any atom is -0.436 e. The van der Waals surface area contributed by atoms with Gasteiger partial charge in [0.15, 0.2) is 5.71 Å². The van der Waals surface area contributed by atoms with Crippen LogP contribution < -0.4 is 14.8 Å². The summed E-state index contributed by atoms with van der Waals surface area (Å²) in [5.74, 6) is -1.89. The Bertz CT molecular complexity index is 1150. The third kappa shape index (κ3) is 4.97. The molecular formula is C22H20F2N4O4. The van der Waals surface area contributed by atoms with Crippen molar-refractivity contribution in [3.8, 4) is 23.3 Å². The number of oxime groups is 1. The van der Waals surface area contributed by atoms with Crippen LogP contribution in [0.5, 0.6) is 23.3 Å². The first-order chi connectivity index (χ1) is 15.5. The summed E-state index contributed by atoms with van der Waals surface area (Å²) in [5, 5.41) is 5.87. The van der Waals surface area contributed by atoms with Crippen molar-refractivity contribution in [3.05, 3.63) is 71.3 Å². The summed E-state index contributed by atoms with van der Waals surface area (Å²) in [7, 11) is 1.37. The third-order valence-corrected chi connectivity index (χ3v) is 4.48. The van der Waals surface area contributed by atoms with Gasteiger partial charge in [-0.25, -0.2) is 4.39 Å². The first-order valence-corrected chi connectivity index (χ1v) is 9.46. The van der Waals surface area contributed by atoms with E-state index in [9.17, 15) is 9.18 Å². The molecule has 3 rings (SSSR count). The van der Waals surface area contributed by atoms with Gasteiger partial charge in [-0.15, -0.1) is 0 Å². The number of aromatic nitrogens is 2. The Kier molecular flexibility index (Phi) is 7.27. The number of amides is 1. The zero-order valence-corrected chi connectivity index (χ0v) is 17.6. The second-order valence-electron chi connectivity index (χ2n) is 6.45. The van der Waals surface area contributed by atoms with Crippen LogP contribution >= 0.6 is 0 Å². The number of carbonyl (C=O) groups excluding carboxylic acids is 1. The zero-order chi connectivity index (χ0) is 23.1. The molecule has 0 saturated heterocycles.